The Kier molecular flexibility index (Phi) is 3.89. The molecule has 0 spiro atoms. The van der Waals surface area contributed by atoms with Gasteiger partial charge in [-0.2, -0.15) is 0 Å². The number of carboxylic acid groups (broad SMARTS) is 1. The topological polar surface area (TPSA) is 136 Å². The number of hydrogen-bond donors (Lipinski definition) is 4. The Bertz CT molecular complexity index is 465. The number of amides is 4. The number of imide groups is 1. The largest absolute Gasteiger partial charge is 0.480 e. The van der Waals surface area contributed by atoms with Gasteiger partial charge >= 0.3 is 12.0 Å². The number of aliphatic hydroxyl groups excluding tert-OH is 1. The van der Waals surface area contributed by atoms with Gasteiger partial charge in [0.2, 0.25) is 11.8 Å². The number of carbonyl (C=O) groups excluding carboxylic acids is 3. The third kappa shape index (κ3) is 2.87. The van der Waals surface area contributed by atoms with E-state index in [0.717, 1.165) is 4.90 Å². The zero-order valence-corrected chi connectivity index (χ0v) is 10.5. The molecule has 0 aromatic rings. The van der Waals surface area contributed by atoms with Crippen LogP contribution in [0.5, 0.6) is 0 Å². The summed E-state index contributed by atoms with van der Waals surface area (Å²) in [5.41, 5.74) is 0. The van der Waals surface area contributed by atoms with Crippen molar-refractivity contribution < 1.29 is 29.4 Å². The molecule has 0 radical (unpaired) electrons. The third-order valence-corrected chi connectivity index (χ3v) is 3.36. The number of aliphatic hydroxyl groups is 1. The highest BCUT2D eigenvalue weighted by Gasteiger charge is 2.40. The van der Waals surface area contributed by atoms with Crippen LogP contribution < -0.4 is 10.6 Å². The fraction of sp³-hybridized carbons (Fsp3) is 0.636. The maximum absolute atomic E-state index is 12.0. The molecule has 110 valence electrons. The molecule has 2 heterocycles. The molecule has 2 saturated heterocycles. The Balaban J connectivity index is 1.99. The molecule has 9 heteroatoms. The van der Waals surface area contributed by atoms with Gasteiger partial charge in [0.15, 0.2) is 0 Å². The van der Waals surface area contributed by atoms with Gasteiger partial charge in [-0.15, -0.1) is 0 Å². The summed E-state index contributed by atoms with van der Waals surface area (Å²) in [5.74, 6) is -2.22. The normalized spacial score (nSPS) is 30.1. The number of carbonyl (C=O) groups is 4. The van der Waals surface area contributed by atoms with Crippen molar-refractivity contribution in [2.45, 2.75) is 37.5 Å². The van der Waals surface area contributed by atoms with Crippen LogP contribution in [0.25, 0.3) is 0 Å². The standard InChI is InChI=1S/C11H15N3O6/c15-5-3-7(10(18)19)14(4-5)11(20)12-6-1-2-8(16)13-9(6)17/h5-7,15H,1-4H2,(H,12,20)(H,18,19)(H,13,16,17). The van der Waals surface area contributed by atoms with Crippen molar-refractivity contribution in [3.8, 4) is 0 Å². The van der Waals surface area contributed by atoms with Crippen LogP contribution in [0.3, 0.4) is 0 Å². The van der Waals surface area contributed by atoms with E-state index >= 15 is 0 Å². The van der Waals surface area contributed by atoms with E-state index in [9.17, 15) is 24.3 Å². The van der Waals surface area contributed by atoms with Crippen LogP contribution >= 0.6 is 0 Å². The Hall–Kier alpha value is -2.16. The second-order valence-electron chi connectivity index (χ2n) is 4.85. The van der Waals surface area contributed by atoms with Crippen molar-refractivity contribution in [2.75, 3.05) is 6.54 Å². The Labute approximate surface area is 113 Å². The fourth-order valence-corrected chi connectivity index (χ4v) is 2.34. The molecule has 4 amide bonds. The molecule has 3 atom stereocenters. The minimum Gasteiger partial charge on any atom is -0.480 e. The van der Waals surface area contributed by atoms with Gasteiger partial charge in [0.25, 0.3) is 0 Å². The van der Waals surface area contributed by atoms with Gasteiger partial charge < -0.3 is 20.4 Å². The smallest absolute Gasteiger partial charge is 0.326 e. The highest BCUT2D eigenvalue weighted by atomic mass is 16.4. The number of carboxylic acids is 1. The summed E-state index contributed by atoms with van der Waals surface area (Å²) in [7, 11) is 0. The molecule has 3 unspecified atom stereocenters. The number of β-amino-alcohol motifs (C(OH)–C–C–N with tert-alkyl or cyclic N) is 1. The highest BCUT2D eigenvalue weighted by molar-refractivity contribution is 6.01. The number of likely N-dealkylation sites (tertiary alicyclic amines) is 1. The fourth-order valence-electron chi connectivity index (χ4n) is 2.34. The van der Waals surface area contributed by atoms with E-state index in [1.807, 2.05) is 0 Å². The minimum atomic E-state index is -1.21. The van der Waals surface area contributed by atoms with Gasteiger partial charge in [-0.3, -0.25) is 14.9 Å². The average Bonchev–Trinajstić information content (AvgIpc) is 2.75. The molecule has 2 aliphatic heterocycles. The van der Waals surface area contributed by atoms with Crippen LogP contribution in [0.4, 0.5) is 4.79 Å². The van der Waals surface area contributed by atoms with Crippen molar-refractivity contribution >= 4 is 23.8 Å². The van der Waals surface area contributed by atoms with Gasteiger partial charge in [-0.1, -0.05) is 0 Å². The number of rotatable bonds is 2. The molecule has 0 aliphatic carbocycles. The van der Waals surface area contributed by atoms with Gasteiger partial charge in [0.1, 0.15) is 12.1 Å². The molecule has 9 nitrogen and oxygen atoms in total. The van der Waals surface area contributed by atoms with Crippen molar-refractivity contribution in [3.05, 3.63) is 0 Å². The Morgan fingerprint density at radius 2 is 2.05 bits per heavy atom. The summed E-state index contributed by atoms with van der Waals surface area (Å²) in [6.07, 6.45) is -0.659. The number of piperidine rings is 1. The molecular weight excluding hydrogens is 270 g/mol. The Morgan fingerprint density at radius 3 is 2.65 bits per heavy atom. The zero-order valence-electron chi connectivity index (χ0n) is 10.5. The second-order valence-corrected chi connectivity index (χ2v) is 4.85. The summed E-state index contributed by atoms with van der Waals surface area (Å²) in [6, 6.07) is -2.71. The van der Waals surface area contributed by atoms with Crippen molar-refractivity contribution in [2.24, 2.45) is 0 Å². The van der Waals surface area contributed by atoms with Crippen molar-refractivity contribution in [3.63, 3.8) is 0 Å². The summed E-state index contributed by atoms with van der Waals surface area (Å²) in [6.45, 7) is -0.101. The molecule has 4 N–H and O–H groups in total. The van der Waals surface area contributed by atoms with Crippen molar-refractivity contribution in [1.82, 2.24) is 15.5 Å². The van der Waals surface area contributed by atoms with Gasteiger partial charge in [-0.05, 0) is 6.42 Å². The highest BCUT2D eigenvalue weighted by Crippen LogP contribution is 2.18. The van der Waals surface area contributed by atoms with E-state index in [1.54, 1.807) is 0 Å². The molecule has 0 bridgehead atoms. The van der Waals surface area contributed by atoms with E-state index < -0.39 is 42.0 Å². The van der Waals surface area contributed by atoms with Crippen LogP contribution in [0.2, 0.25) is 0 Å². The molecule has 2 fully saturated rings. The van der Waals surface area contributed by atoms with Crippen LogP contribution in [0.1, 0.15) is 19.3 Å². The monoisotopic (exact) mass is 285 g/mol. The first kappa shape index (κ1) is 14.3. The van der Waals surface area contributed by atoms with Crippen LogP contribution in [0.15, 0.2) is 0 Å². The molecule has 2 rings (SSSR count). The van der Waals surface area contributed by atoms with Crippen LogP contribution in [0, 0.1) is 0 Å². The van der Waals surface area contributed by atoms with E-state index in [0.29, 0.717) is 0 Å². The minimum absolute atomic E-state index is 0.0435. The summed E-state index contributed by atoms with van der Waals surface area (Å²) < 4.78 is 0. The van der Waals surface area contributed by atoms with E-state index in [4.69, 9.17) is 5.11 Å². The predicted molar refractivity (Wildman–Crippen MR) is 63.5 cm³/mol. The second kappa shape index (κ2) is 5.45. The summed E-state index contributed by atoms with van der Waals surface area (Å²) in [5, 5.41) is 22.9. The maximum atomic E-state index is 12.0. The number of hydrogen-bond acceptors (Lipinski definition) is 5. The molecule has 0 saturated carbocycles. The summed E-state index contributed by atoms with van der Waals surface area (Å²) in [4.78, 5) is 46.4. The molecule has 0 aromatic heterocycles. The van der Waals surface area contributed by atoms with E-state index in [2.05, 4.69) is 10.6 Å². The first-order valence-corrected chi connectivity index (χ1v) is 6.20. The molecule has 0 aromatic carbocycles. The predicted octanol–water partition coefficient (Wildman–Crippen LogP) is -1.98. The van der Waals surface area contributed by atoms with Crippen molar-refractivity contribution in [1.29, 1.82) is 0 Å². The third-order valence-electron chi connectivity index (χ3n) is 3.36. The number of aliphatic carboxylic acids is 1. The lowest BCUT2D eigenvalue weighted by atomic mass is 10.1. The van der Waals surface area contributed by atoms with Gasteiger partial charge in [-0.25, -0.2) is 9.59 Å². The number of nitrogens with one attached hydrogen (secondary N) is 2. The van der Waals surface area contributed by atoms with Crippen LogP contribution in [-0.2, 0) is 14.4 Å². The van der Waals surface area contributed by atoms with E-state index in [1.165, 1.54) is 0 Å². The van der Waals surface area contributed by atoms with E-state index in [-0.39, 0.29) is 25.8 Å². The SMILES string of the molecule is O=C1CCC(NC(=O)N2CC(O)CC2C(=O)O)C(=O)N1. The quantitative estimate of drug-likeness (QED) is 0.434. The lowest BCUT2D eigenvalue weighted by Crippen LogP contribution is -2.56. The summed E-state index contributed by atoms with van der Waals surface area (Å²) >= 11 is 0. The first-order valence-electron chi connectivity index (χ1n) is 6.20. The molecule has 20 heavy (non-hydrogen) atoms. The lowest BCUT2D eigenvalue weighted by Gasteiger charge is -2.26. The first-order chi connectivity index (χ1) is 9.38. The number of nitrogens with zero attached hydrogens (tertiary/aromatic N) is 1. The van der Waals surface area contributed by atoms with Gasteiger partial charge in [0, 0.05) is 19.4 Å². The number of urea groups is 1. The molecule has 2 aliphatic rings. The zero-order chi connectivity index (χ0) is 14.9. The lowest BCUT2D eigenvalue weighted by molar-refractivity contribution is -0.141. The van der Waals surface area contributed by atoms with Gasteiger partial charge in [0.05, 0.1) is 6.10 Å². The van der Waals surface area contributed by atoms with Crippen LogP contribution in [-0.4, -0.2) is 63.7 Å². The maximum Gasteiger partial charge on any atom is 0.326 e. The molecular formula is C11H15N3O6. The average molecular weight is 285 g/mol. The Morgan fingerprint density at radius 1 is 1.35 bits per heavy atom.